The number of thioether (sulfide) groups is 1. The molecule has 0 aromatic heterocycles. The molecule has 7 nitrogen and oxygen atoms in total. The second kappa shape index (κ2) is 7.93. The molecule has 2 aliphatic rings. The number of aliphatic carboxylic acids is 2. The Morgan fingerprint density at radius 3 is 2.78 bits per heavy atom. The number of carboxylic acid groups (broad SMARTS) is 2. The highest BCUT2D eigenvalue weighted by Gasteiger charge is 2.40. The minimum absolute atomic E-state index is 0.0989. The van der Waals surface area contributed by atoms with Crippen LogP contribution in [0.3, 0.4) is 0 Å². The van der Waals surface area contributed by atoms with Crippen LogP contribution in [0.5, 0.6) is 5.75 Å². The van der Waals surface area contributed by atoms with Crippen LogP contribution >= 0.6 is 24.0 Å². The van der Waals surface area contributed by atoms with Crippen molar-refractivity contribution in [3.05, 3.63) is 46.4 Å². The van der Waals surface area contributed by atoms with Gasteiger partial charge in [-0.3, -0.25) is 14.5 Å². The summed E-state index contributed by atoms with van der Waals surface area (Å²) in [6.45, 7) is 0.280. The number of amides is 1. The molecule has 3 rings (SSSR count). The molecule has 1 fully saturated rings. The zero-order chi connectivity index (χ0) is 19.6. The summed E-state index contributed by atoms with van der Waals surface area (Å²) >= 11 is 6.16. The number of para-hydroxylation sites is 1. The molecule has 1 unspecified atom stereocenters. The fourth-order valence-electron chi connectivity index (χ4n) is 2.76. The van der Waals surface area contributed by atoms with Crippen molar-refractivity contribution >= 4 is 52.2 Å². The van der Waals surface area contributed by atoms with Gasteiger partial charge in [-0.05, 0) is 30.2 Å². The summed E-state index contributed by atoms with van der Waals surface area (Å²) in [5.41, 5.74) is 1.64. The van der Waals surface area contributed by atoms with E-state index in [2.05, 4.69) is 0 Å². The van der Waals surface area contributed by atoms with E-state index >= 15 is 0 Å². The van der Waals surface area contributed by atoms with Crippen molar-refractivity contribution in [1.82, 2.24) is 4.90 Å². The van der Waals surface area contributed by atoms with Crippen molar-refractivity contribution in [3.8, 4) is 5.75 Å². The van der Waals surface area contributed by atoms with Crippen LogP contribution in [0.2, 0.25) is 0 Å². The second-order valence-corrected chi connectivity index (χ2v) is 7.56. The second-order valence-electron chi connectivity index (χ2n) is 5.88. The normalized spacial score (nSPS) is 18.7. The minimum atomic E-state index is -1.31. The first-order chi connectivity index (χ1) is 12.9. The Balaban J connectivity index is 1.83. The number of hydrogen-bond acceptors (Lipinski definition) is 6. The van der Waals surface area contributed by atoms with Crippen LogP contribution in [0, 0.1) is 0 Å². The third kappa shape index (κ3) is 4.20. The maximum absolute atomic E-state index is 12.7. The number of carboxylic acids is 2. The fourth-order valence-corrected chi connectivity index (χ4v) is 4.13. The lowest BCUT2D eigenvalue weighted by atomic mass is 10.1. The number of carbonyl (C=O) groups excluding carboxylic acids is 1. The van der Waals surface area contributed by atoms with Gasteiger partial charge in [0.05, 0.1) is 4.91 Å². The number of carbonyl (C=O) groups is 3. The number of fused-ring (bicyclic) bond motifs is 1. The van der Waals surface area contributed by atoms with Gasteiger partial charge in [0.2, 0.25) is 0 Å². The molecule has 27 heavy (non-hydrogen) atoms. The van der Waals surface area contributed by atoms with Gasteiger partial charge in [-0.15, -0.1) is 0 Å². The van der Waals surface area contributed by atoms with Crippen molar-refractivity contribution in [2.24, 2.45) is 0 Å². The Hall–Kier alpha value is -2.65. The minimum Gasteiger partial charge on any atom is -0.488 e. The van der Waals surface area contributed by atoms with E-state index in [1.807, 2.05) is 30.3 Å². The van der Waals surface area contributed by atoms with Gasteiger partial charge < -0.3 is 14.9 Å². The molecule has 1 aromatic carbocycles. The van der Waals surface area contributed by atoms with Gasteiger partial charge in [-0.1, -0.05) is 42.2 Å². The number of thiocarbonyl (C=S) groups is 1. The Morgan fingerprint density at radius 1 is 1.33 bits per heavy atom. The Morgan fingerprint density at radius 2 is 2.07 bits per heavy atom. The van der Waals surface area contributed by atoms with Gasteiger partial charge in [0.25, 0.3) is 5.91 Å². The van der Waals surface area contributed by atoms with Crippen LogP contribution in [0.15, 0.2) is 40.8 Å². The predicted octanol–water partition coefficient (Wildman–Crippen LogP) is 2.52. The average Bonchev–Trinajstić information content (AvgIpc) is 2.89. The number of nitrogens with zero attached hydrogens (tertiary/aromatic N) is 1. The summed E-state index contributed by atoms with van der Waals surface area (Å²) in [6.07, 6.45) is 2.93. The predicted molar refractivity (Wildman–Crippen MR) is 103 cm³/mol. The molecule has 0 spiro atoms. The summed E-state index contributed by atoms with van der Waals surface area (Å²) < 4.78 is 5.75. The Kier molecular flexibility index (Phi) is 5.62. The zero-order valence-electron chi connectivity index (χ0n) is 14.0. The van der Waals surface area contributed by atoms with E-state index in [-0.39, 0.29) is 28.7 Å². The molecule has 1 aromatic rings. The average molecular weight is 405 g/mol. The third-order valence-corrected chi connectivity index (χ3v) is 5.35. The van der Waals surface area contributed by atoms with Crippen LogP contribution in [-0.2, 0) is 14.4 Å². The largest absolute Gasteiger partial charge is 0.488 e. The molecule has 0 aliphatic carbocycles. The summed E-state index contributed by atoms with van der Waals surface area (Å²) in [7, 11) is 0. The highest BCUT2D eigenvalue weighted by atomic mass is 32.2. The highest BCUT2D eigenvalue weighted by Crippen LogP contribution is 2.35. The molecule has 1 saturated heterocycles. The summed E-state index contributed by atoms with van der Waals surface area (Å²) in [5, 5.41) is 18.2. The molecule has 9 heteroatoms. The lowest BCUT2D eigenvalue weighted by Gasteiger charge is -2.22. The number of ether oxygens (including phenoxy) is 1. The summed E-state index contributed by atoms with van der Waals surface area (Å²) in [6, 6.07) is 6.17. The maximum Gasteiger partial charge on any atom is 0.326 e. The van der Waals surface area contributed by atoms with Gasteiger partial charge >= 0.3 is 11.9 Å². The van der Waals surface area contributed by atoms with Crippen LogP contribution in [0.25, 0.3) is 6.08 Å². The number of rotatable bonds is 6. The number of benzene rings is 1. The van der Waals surface area contributed by atoms with E-state index in [1.165, 1.54) is 0 Å². The van der Waals surface area contributed by atoms with Crippen molar-refractivity contribution in [1.29, 1.82) is 0 Å². The first-order valence-corrected chi connectivity index (χ1v) is 9.23. The molecular weight excluding hydrogens is 390 g/mol. The van der Waals surface area contributed by atoms with Crippen LogP contribution in [0.1, 0.15) is 18.4 Å². The van der Waals surface area contributed by atoms with E-state index in [1.54, 1.807) is 6.08 Å². The molecule has 0 radical (unpaired) electrons. The zero-order valence-corrected chi connectivity index (χ0v) is 15.6. The Bertz CT molecular complexity index is 892. The molecule has 1 amide bonds. The lowest BCUT2D eigenvalue weighted by Crippen LogP contribution is -2.44. The first-order valence-electron chi connectivity index (χ1n) is 8.01. The Labute approximate surface area is 164 Å². The molecule has 2 N–H and O–H groups in total. The van der Waals surface area contributed by atoms with E-state index < -0.39 is 23.9 Å². The van der Waals surface area contributed by atoms with E-state index in [0.717, 1.165) is 33.5 Å². The molecule has 0 saturated carbocycles. The van der Waals surface area contributed by atoms with Gasteiger partial charge in [0, 0.05) is 12.0 Å². The highest BCUT2D eigenvalue weighted by molar-refractivity contribution is 8.26. The monoisotopic (exact) mass is 405 g/mol. The van der Waals surface area contributed by atoms with E-state index in [9.17, 15) is 19.5 Å². The molecule has 2 aliphatic heterocycles. The van der Waals surface area contributed by atoms with Gasteiger partial charge in [-0.25, -0.2) is 4.79 Å². The van der Waals surface area contributed by atoms with Crippen LogP contribution in [-0.4, -0.2) is 49.9 Å². The van der Waals surface area contributed by atoms with Crippen molar-refractivity contribution in [2.45, 2.75) is 18.9 Å². The molecule has 0 bridgehead atoms. The van der Waals surface area contributed by atoms with E-state index in [0.29, 0.717) is 0 Å². The molecular formula is C18H15NO6S2. The van der Waals surface area contributed by atoms with E-state index in [4.69, 9.17) is 22.1 Å². The van der Waals surface area contributed by atoms with Gasteiger partial charge in [0.1, 0.15) is 22.7 Å². The molecule has 2 heterocycles. The van der Waals surface area contributed by atoms with Crippen LogP contribution in [0.4, 0.5) is 0 Å². The van der Waals surface area contributed by atoms with Crippen molar-refractivity contribution < 1.29 is 29.3 Å². The fraction of sp³-hybridized carbons (Fsp3) is 0.222. The number of hydrogen-bond donors (Lipinski definition) is 2. The smallest absolute Gasteiger partial charge is 0.326 e. The summed E-state index contributed by atoms with van der Waals surface area (Å²) in [4.78, 5) is 36.2. The maximum atomic E-state index is 12.7. The third-order valence-electron chi connectivity index (χ3n) is 4.02. The first kappa shape index (κ1) is 19.1. The SMILES string of the molecule is O=C(O)CCC(C(=O)O)N1C(=O)/C(=C/C2=Cc3ccccc3OC2)SC1=S. The standard InChI is InChI=1S/C18H15NO6S2/c20-15(21)6-5-12(17(23)24)19-16(22)14(27-18(19)26)8-10-7-11-3-1-2-4-13(11)25-9-10/h1-4,7-8,12H,5-6,9H2,(H,20,21)(H,23,24)/b14-8-. The van der Waals surface area contributed by atoms with Crippen molar-refractivity contribution in [3.63, 3.8) is 0 Å². The van der Waals surface area contributed by atoms with Gasteiger partial charge in [-0.2, -0.15) is 0 Å². The molecule has 1 atom stereocenters. The van der Waals surface area contributed by atoms with Gasteiger partial charge in [0.15, 0.2) is 0 Å². The lowest BCUT2D eigenvalue weighted by molar-refractivity contribution is -0.146. The quantitative estimate of drug-likeness (QED) is 0.550. The topological polar surface area (TPSA) is 104 Å². The van der Waals surface area contributed by atoms with Crippen molar-refractivity contribution in [2.75, 3.05) is 6.61 Å². The van der Waals surface area contributed by atoms with Crippen LogP contribution < -0.4 is 4.74 Å². The summed E-state index contributed by atoms with van der Waals surface area (Å²) in [5.74, 6) is -2.21. The molecule has 140 valence electrons.